The molecule has 2 heterocycles. The van der Waals surface area contributed by atoms with E-state index in [9.17, 15) is 5.11 Å². The highest BCUT2D eigenvalue weighted by Crippen LogP contribution is 2.33. The van der Waals surface area contributed by atoms with Crippen molar-refractivity contribution in [3.63, 3.8) is 0 Å². The third-order valence-corrected chi connectivity index (χ3v) is 4.14. The number of nitrogens with zero attached hydrogens (tertiary/aromatic N) is 3. The first-order chi connectivity index (χ1) is 10.4. The summed E-state index contributed by atoms with van der Waals surface area (Å²) in [6.45, 7) is 5.91. The van der Waals surface area contributed by atoms with Crippen LogP contribution >= 0.6 is 23.2 Å². The van der Waals surface area contributed by atoms with E-state index in [0.29, 0.717) is 21.4 Å². The highest BCUT2D eigenvalue weighted by Gasteiger charge is 2.18. The molecule has 4 nitrogen and oxygen atoms in total. The monoisotopic (exact) mass is 335 g/mol. The second-order valence-corrected chi connectivity index (χ2v) is 6.36. The number of rotatable bonds is 2. The molecular weight excluding hydrogens is 321 g/mol. The standard InChI is InChI=1S/C16H15Cl2N3O/c1-8(2)15-9(3)19-14-7-13(20-21(14)16(15)22)11-5-4-10(17)6-12(11)18/h4-8,22H,1-3H3. The lowest BCUT2D eigenvalue weighted by molar-refractivity contribution is 0.423. The summed E-state index contributed by atoms with van der Waals surface area (Å²) in [5, 5.41) is 16.0. The van der Waals surface area contributed by atoms with Gasteiger partial charge in [0.25, 0.3) is 0 Å². The third-order valence-electron chi connectivity index (χ3n) is 3.59. The molecule has 0 saturated carbocycles. The Kier molecular flexibility index (Phi) is 3.75. The maximum absolute atomic E-state index is 10.5. The van der Waals surface area contributed by atoms with Gasteiger partial charge in [0.15, 0.2) is 5.65 Å². The Labute approximate surface area is 138 Å². The van der Waals surface area contributed by atoms with Gasteiger partial charge in [-0.05, 0) is 31.0 Å². The van der Waals surface area contributed by atoms with E-state index in [1.807, 2.05) is 20.8 Å². The van der Waals surface area contributed by atoms with E-state index in [4.69, 9.17) is 23.2 Å². The Hall–Kier alpha value is -1.78. The second-order valence-electron chi connectivity index (χ2n) is 5.51. The lowest BCUT2D eigenvalue weighted by Gasteiger charge is -2.11. The molecule has 3 aromatic rings. The molecular formula is C16H15Cl2N3O. The number of fused-ring (bicyclic) bond motifs is 1. The van der Waals surface area contributed by atoms with Gasteiger partial charge in [0.1, 0.15) is 0 Å². The first kappa shape index (κ1) is 15.1. The Morgan fingerprint density at radius 2 is 1.91 bits per heavy atom. The van der Waals surface area contributed by atoms with Crippen molar-refractivity contribution in [2.24, 2.45) is 0 Å². The number of hydrogen-bond donors (Lipinski definition) is 1. The van der Waals surface area contributed by atoms with E-state index in [0.717, 1.165) is 16.8 Å². The second kappa shape index (κ2) is 5.45. The number of aromatic hydroxyl groups is 1. The summed E-state index contributed by atoms with van der Waals surface area (Å²) in [6.07, 6.45) is 0. The molecule has 6 heteroatoms. The SMILES string of the molecule is Cc1nc2cc(-c3ccc(Cl)cc3Cl)nn2c(O)c1C(C)C. The minimum atomic E-state index is 0.119. The van der Waals surface area contributed by atoms with Crippen LogP contribution in [0, 0.1) is 6.92 Å². The van der Waals surface area contributed by atoms with Crippen LogP contribution in [-0.4, -0.2) is 19.7 Å². The number of aromatic nitrogens is 3. The summed E-state index contributed by atoms with van der Waals surface area (Å²) in [5.74, 6) is 0.275. The van der Waals surface area contributed by atoms with Gasteiger partial charge in [-0.3, -0.25) is 0 Å². The van der Waals surface area contributed by atoms with Crippen LogP contribution in [0.15, 0.2) is 24.3 Å². The van der Waals surface area contributed by atoms with Gasteiger partial charge in [-0.25, -0.2) is 4.98 Å². The van der Waals surface area contributed by atoms with Crippen molar-refractivity contribution in [3.05, 3.63) is 45.6 Å². The quantitative estimate of drug-likeness (QED) is 0.728. The van der Waals surface area contributed by atoms with Gasteiger partial charge in [0, 0.05) is 27.9 Å². The van der Waals surface area contributed by atoms with Crippen LogP contribution in [0.3, 0.4) is 0 Å². The van der Waals surface area contributed by atoms with Gasteiger partial charge in [-0.1, -0.05) is 37.0 Å². The molecule has 0 aliphatic carbocycles. The predicted molar refractivity (Wildman–Crippen MR) is 88.9 cm³/mol. The van der Waals surface area contributed by atoms with Crippen LogP contribution < -0.4 is 0 Å². The summed E-state index contributed by atoms with van der Waals surface area (Å²) in [7, 11) is 0. The molecule has 0 atom stereocenters. The molecule has 0 saturated heterocycles. The fourth-order valence-electron chi connectivity index (χ4n) is 2.62. The zero-order chi connectivity index (χ0) is 16.0. The Morgan fingerprint density at radius 3 is 2.55 bits per heavy atom. The highest BCUT2D eigenvalue weighted by molar-refractivity contribution is 6.36. The van der Waals surface area contributed by atoms with Crippen molar-refractivity contribution >= 4 is 28.8 Å². The molecule has 0 aliphatic rings. The number of aryl methyl sites for hydroxylation is 1. The molecule has 2 aromatic heterocycles. The smallest absolute Gasteiger partial charge is 0.219 e. The molecule has 0 amide bonds. The predicted octanol–water partition coefficient (Wildman–Crippen LogP) is 4.84. The molecule has 0 bridgehead atoms. The van der Waals surface area contributed by atoms with Gasteiger partial charge < -0.3 is 5.11 Å². The van der Waals surface area contributed by atoms with Crippen molar-refractivity contribution < 1.29 is 5.11 Å². The van der Waals surface area contributed by atoms with E-state index in [1.54, 1.807) is 24.3 Å². The van der Waals surface area contributed by atoms with E-state index in [-0.39, 0.29) is 11.8 Å². The van der Waals surface area contributed by atoms with E-state index < -0.39 is 0 Å². The summed E-state index contributed by atoms with van der Waals surface area (Å²) >= 11 is 12.2. The van der Waals surface area contributed by atoms with Gasteiger partial charge in [0.05, 0.1) is 10.7 Å². The lowest BCUT2D eigenvalue weighted by Crippen LogP contribution is -2.02. The van der Waals surface area contributed by atoms with Crippen molar-refractivity contribution in [1.29, 1.82) is 0 Å². The van der Waals surface area contributed by atoms with Gasteiger partial charge in [-0.15, -0.1) is 0 Å². The van der Waals surface area contributed by atoms with Crippen LogP contribution in [0.2, 0.25) is 10.0 Å². The average Bonchev–Trinajstić information content (AvgIpc) is 2.81. The van der Waals surface area contributed by atoms with Crippen LogP contribution in [0.25, 0.3) is 16.9 Å². The average molecular weight is 336 g/mol. The molecule has 0 aliphatic heterocycles. The fraction of sp³-hybridized carbons (Fsp3) is 0.250. The highest BCUT2D eigenvalue weighted by atomic mass is 35.5. The van der Waals surface area contributed by atoms with Gasteiger partial charge in [0.2, 0.25) is 5.88 Å². The zero-order valence-corrected chi connectivity index (χ0v) is 13.9. The Balaban J connectivity index is 2.24. The van der Waals surface area contributed by atoms with Crippen LogP contribution in [0.5, 0.6) is 5.88 Å². The molecule has 0 fully saturated rings. The summed E-state index contributed by atoms with van der Waals surface area (Å²) in [6, 6.07) is 7.02. The molecule has 3 rings (SSSR count). The molecule has 1 aromatic carbocycles. The fourth-order valence-corrected chi connectivity index (χ4v) is 3.12. The van der Waals surface area contributed by atoms with E-state index >= 15 is 0 Å². The first-order valence-electron chi connectivity index (χ1n) is 6.93. The minimum Gasteiger partial charge on any atom is -0.493 e. The maximum Gasteiger partial charge on any atom is 0.219 e. The van der Waals surface area contributed by atoms with Crippen molar-refractivity contribution in [1.82, 2.24) is 14.6 Å². The molecule has 0 radical (unpaired) electrons. The van der Waals surface area contributed by atoms with Crippen LogP contribution in [0.4, 0.5) is 0 Å². The first-order valence-corrected chi connectivity index (χ1v) is 7.68. The lowest BCUT2D eigenvalue weighted by atomic mass is 10.0. The van der Waals surface area contributed by atoms with Crippen LogP contribution in [-0.2, 0) is 0 Å². The molecule has 22 heavy (non-hydrogen) atoms. The van der Waals surface area contributed by atoms with Crippen LogP contribution in [0.1, 0.15) is 31.0 Å². The normalized spacial score (nSPS) is 11.5. The topological polar surface area (TPSA) is 50.4 Å². The van der Waals surface area contributed by atoms with Gasteiger partial charge in [-0.2, -0.15) is 9.61 Å². The van der Waals surface area contributed by atoms with Crippen molar-refractivity contribution in [2.75, 3.05) is 0 Å². The number of benzene rings is 1. The zero-order valence-electron chi connectivity index (χ0n) is 12.4. The molecule has 114 valence electrons. The largest absolute Gasteiger partial charge is 0.493 e. The van der Waals surface area contributed by atoms with Crippen molar-refractivity contribution in [2.45, 2.75) is 26.7 Å². The minimum absolute atomic E-state index is 0.119. The summed E-state index contributed by atoms with van der Waals surface area (Å²) in [5.41, 5.74) is 3.57. The third kappa shape index (κ3) is 2.42. The van der Waals surface area contributed by atoms with Gasteiger partial charge >= 0.3 is 0 Å². The Morgan fingerprint density at radius 1 is 1.18 bits per heavy atom. The number of hydrogen-bond acceptors (Lipinski definition) is 3. The Bertz CT molecular complexity index is 871. The molecule has 0 spiro atoms. The molecule has 0 unspecified atom stereocenters. The summed E-state index contributed by atoms with van der Waals surface area (Å²) < 4.78 is 1.45. The maximum atomic E-state index is 10.5. The number of halogens is 2. The van der Waals surface area contributed by atoms with E-state index in [2.05, 4.69) is 10.1 Å². The summed E-state index contributed by atoms with van der Waals surface area (Å²) in [4.78, 5) is 4.52. The van der Waals surface area contributed by atoms with E-state index in [1.165, 1.54) is 4.52 Å². The van der Waals surface area contributed by atoms with Crippen molar-refractivity contribution in [3.8, 4) is 17.1 Å². The molecule has 1 N–H and O–H groups in total.